The molecule has 0 radical (unpaired) electrons. The number of halogens is 1. The summed E-state index contributed by atoms with van der Waals surface area (Å²) in [6, 6.07) is 13.2. The maximum Gasteiger partial charge on any atom is 0.336 e. The van der Waals surface area contributed by atoms with E-state index in [-0.39, 0.29) is 11.1 Å². The summed E-state index contributed by atoms with van der Waals surface area (Å²) in [5.41, 5.74) is 1.02. The van der Waals surface area contributed by atoms with Gasteiger partial charge in [0.15, 0.2) is 0 Å². The molecule has 0 bridgehead atoms. The van der Waals surface area contributed by atoms with E-state index in [1.807, 2.05) is 0 Å². The first-order valence-electron chi connectivity index (χ1n) is 5.93. The van der Waals surface area contributed by atoms with Crippen molar-refractivity contribution in [2.75, 3.05) is 0 Å². The van der Waals surface area contributed by atoms with Crippen LogP contribution in [0.1, 0.15) is 26.3 Å². The van der Waals surface area contributed by atoms with E-state index in [1.54, 1.807) is 36.4 Å². The minimum absolute atomic E-state index is 0.0129. The number of amides is 1. The summed E-state index contributed by atoms with van der Waals surface area (Å²) >= 11 is 5.77. The average molecular weight is 290 g/mol. The Morgan fingerprint density at radius 3 is 2.20 bits per heavy atom. The zero-order chi connectivity index (χ0) is 14.5. The number of nitrogens with one attached hydrogen (secondary N) is 1. The molecule has 102 valence electrons. The number of carbonyl (C=O) groups is 2. The maximum absolute atomic E-state index is 12.0. The van der Waals surface area contributed by atoms with E-state index in [0.29, 0.717) is 11.6 Å². The summed E-state index contributed by atoms with van der Waals surface area (Å²) in [7, 11) is 0. The number of hydrogen-bond acceptors (Lipinski definition) is 2. The van der Waals surface area contributed by atoms with E-state index < -0.39 is 11.9 Å². The van der Waals surface area contributed by atoms with Crippen molar-refractivity contribution in [3.63, 3.8) is 0 Å². The molecule has 0 saturated heterocycles. The Hall–Kier alpha value is -2.33. The van der Waals surface area contributed by atoms with Crippen LogP contribution in [0, 0.1) is 0 Å². The first-order chi connectivity index (χ1) is 9.58. The SMILES string of the molecule is O=C(O)c1ccccc1C(=O)NCc1ccc(Cl)cc1. The molecule has 2 aromatic rings. The Kier molecular flexibility index (Phi) is 4.38. The fourth-order valence-electron chi connectivity index (χ4n) is 1.75. The number of rotatable bonds is 4. The topological polar surface area (TPSA) is 66.4 Å². The molecule has 2 N–H and O–H groups in total. The van der Waals surface area contributed by atoms with E-state index in [0.717, 1.165) is 5.56 Å². The lowest BCUT2D eigenvalue weighted by molar-refractivity contribution is 0.0691. The molecule has 2 aromatic carbocycles. The molecule has 0 aromatic heterocycles. The average Bonchev–Trinajstić information content (AvgIpc) is 2.46. The Morgan fingerprint density at radius 2 is 1.60 bits per heavy atom. The van der Waals surface area contributed by atoms with E-state index in [4.69, 9.17) is 16.7 Å². The number of aromatic carboxylic acids is 1. The molecular weight excluding hydrogens is 278 g/mol. The second kappa shape index (κ2) is 6.21. The largest absolute Gasteiger partial charge is 0.478 e. The lowest BCUT2D eigenvalue weighted by Gasteiger charge is -2.07. The van der Waals surface area contributed by atoms with Crippen molar-refractivity contribution in [3.8, 4) is 0 Å². The van der Waals surface area contributed by atoms with Gasteiger partial charge in [0.05, 0.1) is 11.1 Å². The molecule has 2 rings (SSSR count). The molecule has 4 nitrogen and oxygen atoms in total. The van der Waals surface area contributed by atoms with Gasteiger partial charge in [0, 0.05) is 11.6 Å². The molecule has 0 spiro atoms. The fraction of sp³-hybridized carbons (Fsp3) is 0.0667. The van der Waals surface area contributed by atoms with Gasteiger partial charge in [-0.2, -0.15) is 0 Å². The minimum atomic E-state index is -1.12. The number of carboxylic acids is 1. The van der Waals surface area contributed by atoms with Gasteiger partial charge in [-0.15, -0.1) is 0 Å². The second-order valence-corrected chi connectivity index (χ2v) is 4.60. The van der Waals surface area contributed by atoms with Crippen molar-refractivity contribution in [2.45, 2.75) is 6.54 Å². The van der Waals surface area contributed by atoms with Crippen LogP contribution in [0.2, 0.25) is 5.02 Å². The van der Waals surface area contributed by atoms with E-state index >= 15 is 0 Å². The van der Waals surface area contributed by atoms with E-state index in [2.05, 4.69) is 5.32 Å². The van der Waals surface area contributed by atoms with Crippen LogP contribution in [0.4, 0.5) is 0 Å². The highest BCUT2D eigenvalue weighted by molar-refractivity contribution is 6.30. The lowest BCUT2D eigenvalue weighted by atomic mass is 10.1. The van der Waals surface area contributed by atoms with Gasteiger partial charge in [0.1, 0.15) is 0 Å². The molecule has 0 aliphatic heterocycles. The summed E-state index contributed by atoms with van der Waals surface area (Å²) in [6.45, 7) is 0.309. The number of hydrogen-bond donors (Lipinski definition) is 2. The monoisotopic (exact) mass is 289 g/mol. The van der Waals surface area contributed by atoms with Crippen LogP contribution in [-0.2, 0) is 6.54 Å². The molecule has 0 heterocycles. The van der Waals surface area contributed by atoms with Crippen LogP contribution in [0.25, 0.3) is 0 Å². The number of benzene rings is 2. The summed E-state index contributed by atoms with van der Waals surface area (Å²) in [4.78, 5) is 23.1. The van der Waals surface area contributed by atoms with Crippen molar-refractivity contribution in [2.24, 2.45) is 0 Å². The predicted octanol–water partition coefficient (Wildman–Crippen LogP) is 2.97. The third-order valence-electron chi connectivity index (χ3n) is 2.77. The molecule has 0 aliphatic rings. The van der Waals surface area contributed by atoms with Crippen molar-refractivity contribution in [3.05, 3.63) is 70.2 Å². The Labute approximate surface area is 121 Å². The number of carboxylic acid groups (broad SMARTS) is 1. The molecule has 0 fully saturated rings. The molecular formula is C15H12ClNO3. The highest BCUT2D eigenvalue weighted by Crippen LogP contribution is 2.11. The minimum Gasteiger partial charge on any atom is -0.478 e. The molecule has 5 heteroatoms. The zero-order valence-electron chi connectivity index (χ0n) is 10.5. The predicted molar refractivity (Wildman–Crippen MR) is 76.0 cm³/mol. The van der Waals surface area contributed by atoms with Crippen LogP contribution in [0.15, 0.2) is 48.5 Å². The summed E-state index contributed by atoms with van der Waals surface area (Å²) in [5, 5.41) is 12.3. The normalized spacial score (nSPS) is 10.1. The summed E-state index contributed by atoms with van der Waals surface area (Å²) in [5.74, 6) is -1.54. The first kappa shape index (κ1) is 14.1. The van der Waals surface area contributed by atoms with Crippen LogP contribution in [-0.4, -0.2) is 17.0 Å². The first-order valence-corrected chi connectivity index (χ1v) is 6.30. The fourth-order valence-corrected chi connectivity index (χ4v) is 1.87. The zero-order valence-corrected chi connectivity index (χ0v) is 11.2. The number of carbonyl (C=O) groups excluding carboxylic acids is 1. The van der Waals surface area contributed by atoms with Crippen LogP contribution in [0.5, 0.6) is 0 Å². The molecule has 1 amide bonds. The maximum atomic E-state index is 12.0. The van der Waals surface area contributed by atoms with Gasteiger partial charge in [-0.05, 0) is 29.8 Å². The van der Waals surface area contributed by atoms with Gasteiger partial charge in [-0.25, -0.2) is 4.79 Å². The van der Waals surface area contributed by atoms with Crippen LogP contribution < -0.4 is 5.32 Å². The molecule has 20 heavy (non-hydrogen) atoms. The quantitative estimate of drug-likeness (QED) is 0.909. The Bertz CT molecular complexity index is 638. The molecule has 0 unspecified atom stereocenters. The van der Waals surface area contributed by atoms with Crippen molar-refractivity contribution in [1.29, 1.82) is 0 Å². The van der Waals surface area contributed by atoms with Crippen molar-refractivity contribution in [1.82, 2.24) is 5.32 Å². The van der Waals surface area contributed by atoms with E-state index in [9.17, 15) is 9.59 Å². The third kappa shape index (κ3) is 3.36. The van der Waals surface area contributed by atoms with Gasteiger partial charge in [0.2, 0.25) is 0 Å². The Balaban J connectivity index is 2.09. The lowest BCUT2D eigenvalue weighted by Crippen LogP contribution is -2.24. The standard InChI is InChI=1S/C15H12ClNO3/c16-11-7-5-10(6-8-11)9-17-14(18)12-3-1-2-4-13(12)15(19)20/h1-8H,9H2,(H,17,18)(H,19,20). The van der Waals surface area contributed by atoms with Gasteiger partial charge < -0.3 is 10.4 Å². The van der Waals surface area contributed by atoms with Crippen LogP contribution >= 0.6 is 11.6 Å². The van der Waals surface area contributed by atoms with Crippen molar-refractivity contribution < 1.29 is 14.7 Å². The smallest absolute Gasteiger partial charge is 0.336 e. The van der Waals surface area contributed by atoms with Crippen LogP contribution in [0.3, 0.4) is 0 Å². The molecule has 0 saturated carbocycles. The van der Waals surface area contributed by atoms with Gasteiger partial charge >= 0.3 is 5.97 Å². The van der Waals surface area contributed by atoms with Gasteiger partial charge in [0.25, 0.3) is 5.91 Å². The summed E-state index contributed by atoms with van der Waals surface area (Å²) < 4.78 is 0. The second-order valence-electron chi connectivity index (χ2n) is 4.16. The molecule has 0 atom stereocenters. The van der Waals surface area contributed by atoms with Gasteiger partial charge in [-0.1, -0.05) is 35.9 Å². The molecule has 0 aliphatic carbocycles. The van der Waals surface area contributed by atoms with Gasteiger partial charge in [-0.3, -0.25) is 4.79 Å². The third-order valence-corrected chi connectivity index (χ3v) is 3.02. The summed E-state index contributed by atoms with van der Waals surface area (Å²) in [6.07, 6.45) is 0. The Morgan fingerprint density at radius 1 is 1.00 bits per heavy atom. The van der Waals surface area contributed by atoms with E-state index in [1.165, 1.54) is 12.1 Å². The highest BCUT2D eigenvalue weighted by Gasteiger charge is 2.15. The highest BCUT2D eigenvalue weighted by atomic mass is 35.5. The van der Waals surface area contributed by atoms with Crippen molar-refractivity contribution >= 4 is 23.5 Å².